The quantitative estimate of drug-likeness (QED) is 0.0607. The van der Waals surface area contributed by atoms with E-state index in [4.69, 9.17) is 0 Å². The second-order valence-electron chi connectivity index (χ2n) is 12.5. The molecule has 0 fully saturated rings. The summed E-state index contributed by atoms with van der Waals surface area (Å²) in [5, 5.41) is 74.3. The van der Waals surface area contributed by atoms with Crippen LogP contribution in [0.5, 0.6) is 0 Å². The SMILES string of the molecule is N#C/C(=C/c1ccc(N(c2ccc(/C=C(\C#N)C(=O)O)cc2)c2ccc(N(c3ccc(/C=C(/C#N)C(=O)O)cc3)c3ccc(/C=C(\C#N)C(=O)O)cc3)cc2)cc1)C(=O)O. The molecule has 0 unspecified atom stereocenters. The zero-order valence-corrected chi connectivity index (χ0v) is 31.0. The summed E-state index contributed by atoms with van der Waals surface area (Å²) in [5.41, 5.74) is 3.86. The third kappa shape index (κ3) is 10.0. The van der Waals surface area contributed by atoms with E-state index in [1.165, 1.54) is 24.3 Å². The Kier molecular flexibility index (Phi) is 13.1. The van der Waals surface area contributed by atoms with Crippen LogP contribution in [0.2, 0.25) is 0 Å². The minimum Gasteiger partial charge on any atom is -0.477 e. The Hall–Kier alpha value is -9.50. The average molecular weight is 793 g/mol. The molecule has 0 aliphatic rings. The Morgan fingerprint density at radius 1 is 0.333 bits per heavy atom. The van der Waals surface area contributed by atoms with Crippen LogP contribution in [0.3, 0.4) is 0 Å². The lowest BCUT2D eigenvalue weighted by atomic mass is 10.1. The van der Waals surface area contributed by atoms with Crippen molar-refractivity contribution in [2.45, 2.75) is 0 Å². The van der Waals surface area contributed by atoms with E-state index in [-0.39, 0.29) is 0 Å². The van der Waals surface area contributed by atoms with Crippen molar-refractivity contribution in [1.29, 1.82) is 21.0 Å². The van der Waals surface area contributed by atoms with Crippen molar-refractivity contribution in [2.24, 2.45) is 0 Å². The van der Waals surface area contributed by atoms with Crippen LogP contribution in [-0.4, -0.2) is 44.3 Å². The molecule has 0 radical (unpaired) electrons. The van der Waals surface area contributed by atoms with Gasteiger partial charge >= 0.3 is 23.9 Å². The summed E-state index contributed by atoms with van der Waals surface area (Å²) in [6.07, 6.45) is 4.96. The highest BCUT2D eigenvalue weighted by Gasteiger charge is 2.18. The van der Waals surface area contributed by atoms with Crippen LogP contribution in [0, 0.1) is 45.3 Å². The molecule has 5 aromatic rings. The van der Waals surface area contributed by atoms with E-state index in [9.17, 15) is 60.7 Å². The van der Waals surface area contributed by atoms with Gasteiger partial charge in [-0.1, -0.05) is 48.5 Å². The Balaban J connectivity index is 1.62. The molecule has 5 aromatic carbocycles. The molecule has 60 heavy (non-hydrogen) atoms. The zero-order valence-electron chi connectivity index (χ0n) is 31.0. The lowest BCUT2D eigenvalue weighted by molar-refractivity contribution is -0.133. The molecule has 0 bridgehead atoms. The van der Waals surface area contributed by atoms with E-state index in [0.717, 1.165) is 0 Å². The fourth-order valence-electron chi connectivity index (χ4n) is 5.76. The van der Waals surface area contributed by atoms with Crippen LogP contribution in [0.4, 0.5) is 34.1 Å². The molecule has 14 heteroatoms. The summed E-state index contributed by atoms with van der Waals surface area (Å²) in [6, 6.07) is 40.9. The molecule has 290 valence electrons. The first kappa shape index (κ1) is 41.7. The number of rotatable bonds is 14. The Labute approximate surface area is 342 Å². The van der Waals surface area contributed by atoms with Crippen LogP contribution in [0.25, 0.3) is 24.3 Å². The lowest BCUT2D eigenvalue weighted by Gasteiger charge is -2.28. The Morgan fingerprint density at radius 3 is 0.617 bits per heavy atom. The first-order chi connectivity index (χ1) is 28.8. The fraction of sp³-hybridized carbons (Fsp3) is 0. The number of hydrogen-bond donors (Lipinski definition) is 4. The van der Waals surface area contributed by atoms with E-state index < -0.39 is 46.2 Å². The van der Waals surface area contributed by atoms with Gasteiger partial charge in [-0.15, -0.1) is 0 Å². The van der Waals surface area contributed by atoms with Crippen LogP contribution >= 0.6 is 0 Å². The summed E-state index contributed by atoms with van der Waals surface area (Å²) in [7, 11) is 0. The van der Waals surface area contributed by atoms with E-state index in [2.05, 4.69) is 0 Å². The van der Waals surface area contributed by atoms with E-state index in [0.29, 0.717) is 56.4 Å². The Bertz CT molecular complexity index is 2410. The van der Waals surface area contributed by atoms with Gasteiger partial charge in [-0.2, -0.15) is 21.0 Å². The molecule has 0 aliphatic carbocycles. The highest BCUT2D eigenvalue weighted by Crippen LogP contribution is 2.39. The number of aliphatic carboxylic acids is 4. The number of carbonyl (C=O) groups is 4. The number of nitrogens with zero attached hydrogens (tertiary/aromatic N) is 6. The van der Waals surface area contributed by atoms with Crippen LogP contribution in [0.1, 0.15) is 22.3 Å². The highest BCUT2D eigenvalue weighted by atomic mass is 16.4. The standard InChI is InChI=1S/C46H28N6O8/c47-25-33(43(53)54)21-29-1-9-37(10-2-29)51(38-11-3-30(4-12-38)22-34(26-48)44(55)56)41-17-19-42(20-18-41)52(39-13-5-31(6-14-39)23-35(27-49)45(57)58)40-15-7-32(8-16-40)24-36(28-50)46(59)60/h1-24H,(H,53,54)(H,55,56)(H,57,58)(H,59,60)/b33-21-,34-22+,35-23-,36-24+. The summed E-state index contributed by atoms with van der Waals surface area (Å²) < 4.78 is 0. The van der Waals surface area contributed by atoms with Gasteiger partial charge in [-0.05, 0) is 119 Å². The maximum atomic E-state index is 11.4. The van der Waals surface area contributed by atoms with Gasteiger partial charge < -0.3 is 30.2 Å². The minimum atomic E-state index is -1.37. The normalized spacial score (nSPS) is 11.5. The van der Waals surface area contributed by atoms with Crippen molar-refractivity contribution in [1.82, 2.24) is 0 Å². The Morgan fingerprint density at radius 2 is 0.483 bits per heavy atom. The third-order valence-electron chi connectivity index (χ3n) is 8.62. The maximum Gasteiger partial charge on any atom is 0.346 e. The average Bonchev–Trinajstić information content (AvgIpc) is 3.25. The van der Waals surface area contributed by atoms with Crippen molar-refractivity contribution in [3.63, 3.8) is 0 Å². The van der Waals surface area contributed by atoms with Gasteiger partial charge in [0.2, 0.25) is 0 Å². The molecule has 4 N–H and O–H groups in total. The molecule has 5 rings (SSSR count). The molecule has 14 nitrogen and oxygen atoms in total. The zero-order chi connectivity index (χ0) is 43.3. The van der Waals surface area contributed by atoms with Crippen molar-refractivity contribution < 1.29 is 39.6 Å². The van der Waals surface area contributed by atoms with Crippen molar-refractivity contribution in [3.8, 4) is 24.3 Å². The molecule has 0 spiro atoms. The second-order valence-corrected chi connectivity index (χ2v) is 12.5. The smallest absolute Gasteiger partial charge is 0.346 e. The first-order valence-electron chi connectivity index (χ1n) is 17.4. The van der Waals surface area contributed by atoms with Gasteiger partial charge in [-0.25, -0.2) is 19.2 Å². The summed E-state index contributed by atoms with van der Waals surface area (Å²) in [4.78, 5) is 49.5. The van der Waals surface area contributed by atoms with E-state index in [1.807, 2.05) is 34.1 Å². The molecule has 0 saturated carbocycles. The molecule has 0 saturated heterocycles. The second kappa shape index (κ2) is 18.9. The first-order valence-corrected chi connectivity index (χ1v) is 17.4. The number of benzene rings is 5. The summed E-state index contributed by atoms with van der Waals surface area (Å²) >= 11 is 0. The largest absolute Gasteiger partial charge is 0.477 e. The van der Waals surface area contributed by atoms with Crippen LogP contribution in [-0.2, 0) is 19.2 Å². The number of carboxylic acids is 4. The lowest BCUT2D eigenvalue weighted by Crippen LogP contribution is -2.12. The molecular formula is C46H28N6O8. The molecule has 0 aromatic heterocycles. The third-order valence-corrected chi connectivity index (χ3v) is 8.62. The maximum absolute atomic E-state index is 11.4. The molecule has 0 amide bonds. The van der Waals surface area contributed by atoms with Gasteiger partial charge in [0.1, 0.15) is 46.6 Å². The van der Waals surface area contributed by atoms with Crippen LogP contribution in [0.15, 0.2) is 144 Å². The predicted octanol–water partition coefficient (Wildman–Crippen LogP) is 8.59. The van der Waals surface area contributed by atoms with Gasteiger partial charge in [0, 0.05) is 34.1 Å². The monoisotopic (exact) mass is 792 g/mol. The summed E-state index contributed by atoms with van der Waals surface area (Å²) in [6.45, 7) is 0. The molecule has 0 heterocycles. The number of carboxylic acid groups (broad SMARTS) is 4. The van der Waals surface area contributed by atoms with Gasteiger partial charge in [0.25, 0.3) is 0 Å². The van der Waals surface area contributed by atoms with Crippen molar-refractivity contribution in [3.05, 3.63) is 166 Å². The number of nitriles is 4. The number of anilines is 6. The van der Waals surface area contributed by atoms with Gasteiger partial charge in [0.15, 0.2) is 0 Å². The fourth-order valence-corrected chi connectivity index (χ4v) is 5.76. The number of hydrogen-bond acceptors (Lipinski definition) is 10. The van der Waals surface area contributed by atoms with E-state index >= 15 is 0 Å². The molecule has 0 aliphatic heterocycles. The highest BCUT2D eigenvalue weighted by molar-refractivity contribution is 5.98. The predicted molar refractivity (Wildman–Crippen MR) is 221 cm³/mol. The topological polar surface area (TPSA) is 251 Å². The minimum absolute atomic E-state index is 0.446. The van der Waals surface area contributed by atoms with Crippen molar-refractivity contribution >= 4 is 82.3 Å². The van der Waals surface area contributed by atoms with E-state index in [1.54, 1.807) is 121 Å². The van der Waals surface area contributed by atoms with Gasteiger partial charge in [-0.3, -0.25) is 0 Å². The van der Waals surface area contributed by atoms with Gasteiger partial charge in [0.05, 0.1) is 0 Å². The molecule has 0 atom stereocenters. The van der Waals surface area contributed by atoms with Crippen LogP contribution < -0.4 is 9.80 Å². The summed E-state index contributed by atoms with van der Waals surface area (Å²) in [5.74, 6) is -5.47. The molecular weight excluding hydrogens is 765 g/mol. The van der Waals surface area contributed by atoms with Crippen molar-refractivity contribution in [2.75, 3.05) is 9.80 Å².